The fourth-order valence-corrected chi connectivity index (χ4v) is 1.86. The molecule has 0 aliphatic carbocycles. The van der Waals surface area contributed by atoms with E-state index >= 15 is 0 Å². The van der Waals surface area contributed by atoms with Crippen molar-refractivity contribution < 1.29 is 14.3 Å². The van der Waals surface area contributed by atoms with Crippen LogP contribution in [0, 0.1) is 5.92 Å². The minimum absolute atomic E-state index is 0.0823. The molecular weight excluding hydrogens is 192 g/mol. The molecule has 1 rings (SSSR count). The molecule has 1 aliphatic rings. The van der Waals surface area contributed by atoms with Crippen molar-refractivity contribution >= 4 is 5.97 Å². The Morgan fingerprint density at radius 3 is 2.73 bits per heavy atom. The number of esters is 1. The molecule has 0 aromatic rings. The highest BCUT2D eigenvalue weighted by Gasteiger charge is 2.12. The maximum absolute atomic E-state index is 10.8. The van der Waals surface area contributed by atoms with Gasteiger partial charge in [0.1, 0.15) is 0 Å². The van der Waals surface area contributed by atoms with E-state index in [9.17, 15) is 4.79 Å². The zero-order valence-electron chi connectivity index (χ0n) is 9.67. The van der Waals surface area contributed by atoms with Gasteiger partial charge in [0.2, 0.25) is 0 Å². The van der Waals surface area contributed by atoms with Crippen LogP contribution >= 0.6 is 0 Å². The van der Waals surface area contributed by atoms with Crippen LogP contribution in [0.5, 0.6) is 0 Å². The Balaban J connectivity index is 1.89. The lowest BCUT2D eigenvalue weighted by atomic mass is 9.94. The number of carbonyl (C=O) groups is 1. The van der Waals surface area contributed by atoms with Gasteiger partial charge in [-0.25, -0.2) is 0 Å². The molecule has 0 aromatic carbocycles. The predicted molar refractivity (Wildman–Crippen MR) is 58.6 cm³/mol. The molecule has 0 radical (unpaired) electrons. The zero-order valence-corrected chi connectivity index (χ0v) is 9.67. The Labute approximate surface area is 92.1 Å². The summed E-state index contributed by atoms with van der Waals surface area (Å²) in [5.74, 6) is 0.752. The normalized spacial score (nSPS) is 17.7. The largest absolute Gasteiger partial charge is 0.466 e. The van der Waals surface area contributed by atoms with Gasteiger partial charge >= 0.3 is 5.97 Å². The van der Waals surface area contributed by atoms with Gasteiger partial charge < -0.3 is 9.47 Å². The summed E-state index contributed by atoms with van der Waals surface area (Å²) in [6, 6.07) is 0. The van der Waals surface area contributed by atoms with Crippen LogP contribution in [0.2, 0.25) is 0 Å². The van der Waals surface area contributed by atoms with Gasteiger partial charge in [-0.3, -0.25) is 4.79 Å². The maximum Gasteiger partial charge on any atom is 0.305 e. The van der Waals surface area contributed by atoms with Crippen molar-refractivity contribution in [2.24, 2.45) is 5.92 Å². The van der Waals surface area contributed by atoms with Gasteiger partial charge in [-0.2, -0.15) is 0 Å². The van der Waals surface area contributed by atoms with Gasteiger partial charge in [0.05, 0.1) is 6.61 Å². The molecular formula is C12H22O3. The van der Waals surface area contributed by atoms with Crippen LogP contribution < -0.4 is 0 Å². The van der Waals surface area contributed by atoms with E-state index in [0.29, 0.717) is 13.0 Å². The molecule has 88 valence electrons. The van der Waals surface area contributed by atoms with Crippen molar-refractivity contribution in [1.29, 1.82) is 0 Å². The highest BCUT2D eigenvalue weighted by Crippen LogP contribution is 2.20. The highest BCUT2D eigenvalue weighted by atomic mass is 16.5. The van der Waals surface area contributed by atoms with E-state index in [-0.39, 0.29) is 5.97 Å². The van der Waals surface area contributed by atoms with E-state index in [4.69, 9.17) is 9.47 Å². The van der Waals surface area contributed by atoms with Gasteiger partial charge in [0.15, 0.2) is 0 Å². The fourth-order valence-electron chi connectivity index (χ4n) is 1.86. The van der Waals surface area contributed by atoms with Crippen LogP contribution in [-0.4, -0.2) is 25.8 Å². The van der Waals surface area contributed by atoms with Crippen LogP contribution in [-0.2, 0) is 14.3 Å². The van der Waals surface area contributed by atoms with E-state index in [1.807, 2.05) is 6.92 Å². The highest BCUT2D eigenvalue weighted by molar-refractivity contribution is 5.68. The first-order valence-electron chi connectivity index (χ1n) is 6.06. The Morgan fingerprint density at radius 1 is 1.33 bits per heavy atom. The molecule has 0 spiro atoms. The first kappa shape index (κ1) is 12.5. The lowest BCUT2D eigenvalue weighted by Gasteiger charge is -2.21. The average molecular weight is 214 g/mol. The zero-order chi connectivity index (χ0) is 10.9. The van der Waals surface area contributed by atoms with Gasteiger partial charge in [0, 0.05) is 19.6 Å². The Kier molecular flexibility index (Phi) is 6.41. The van der Waals surface area contributed by atoms with E-state index < -0.39 is 0 Å². The monoisotopic (exact) mass is 214 g/mol. The molecule has 0 amide bonds. The minimum atomic E-state index is -0.0823. The summed E-state index contributed by atoms with van der Waals surface area (Å²) >= 11 is 0. The van der Waals surface area contributed by atoms with Crippen molar-refractivity contribution in [3.8, 4) is 0 Å². The van der Waals surface area contributed by atoms with E-state index in [2.05, 4.69) is 0 Å². The first-order valence-corrected chi connectivity index (χ1v) is 6.06. The van der Waals surface area contributed by atoms with Crippen LogP contribution in [0.1, 0.15) is 45.4 Å². The number of unbranched alkanes of at least 4 members (excludes halogenated alkanes) is 1. The SMILES string of the molecule is CCC(=O)OCCCCC1CCOCC1. The van der Waals surface area contributed by atoms with E-state index in [1.54, 1.807) is 0 Å². The number of ether oxygens (including phenoxy) is 2. The molecule has 1 heterocycles. The molecule has 0 unspecified atom stereocenters. The molecule has 0 atom stereocenters. The summed E-state index contributed by atoms with van der Waals surface area (Å²) in [5.41, 5.74) is 0. The van der Waals surface area contributed by atoms with Gasteiger partial charge in [-0.05, 0) is 31.6 Å². The summed E-state index contributed by atoms with van der Waals surface area (Å²) in [6.07, 6.45) is 6.32. The second kappa shape index (κ2) is 7.69. The van der Waals surface area contributed by atoms with Crippen LogP contribution in [0.15, 0.2) is 0 Å². The Morgan fingerprint density at radius 2 is 2.07 bits per heavy atom. The number of hydrogen-bond donors (Lipinski definition) is 0. The van der Waals surface area contributed by atoms with Gasteiger partial charge in [0.25, 0.3) is 0 Å². The third kappa shape index (κ3) is 5.78. The quantitative estimate of drug-likeness (QED) is 0.503. The average Bonchev–Trinajstić information content (AvgIpc) is 2.29. The molecule has 0 saturated carbocycles. The molecule has 0 bridgehead atoms. The molecule has 0 N–H and O–H groups in total. The van der Waals surface area contributed by atoms with Gasteiger partial charge in [-0.15, -0.1) is 0 Å². The minimum Gasteiger partial charge on any atom is -0.466 e. The lowest BCUT2D eigenvalue weighted by Crippen LogP contribution is -2.15. The second-order valence-electron chi connectivity index (χ2n) is 4.13. The van der Waals surface area contributed by atoms with Gasteiger partial charge in [-0.1, -0.05) is 13.3 Å². The third-order valence-electron chi connectivity index (χ3n) is 2.90. The number of hydrogen-bond acceptors (Lipinski definition) is 3. The molecule has 15 heavy (non-hydrogen) atoms. The van der Waals surface area contributed by atoms with Crippen molar-refractivity contribution in [1.82, 2.24) is 0 Å². The molecule has 3 nitrogen and oxygen atoms in total. The first-order chi connectivity index (χ1) is 7.33. The van der Waals surface area contributed by atoms with Crippen molar-refractivity contribution in [3.05, 3.63) is 0 Å². The predicted octanol–water partition coefficient (Wildman–Crippen LogP) is 2.54. The molecule has 1 saturated heterocycles. The smallest absolute Gasteiger partial charge is 0.305 e. The molecule has 1 fully saturated rings. The van der Waals surface area contributed by atoms with Crippen LogP contribution in [0.3, 0.4) is 0 Å². The topological polar surface area (TPSA) is 35.5 Å². The summed E-state index contributed by atoms with van der Waals surface area (Å²) in [4.78, 5) is 10.8. The number of carbonyl (C=O) groups excluding carboxylic acids is 1. The van der Waals surface area contributed by atoms with Crippen molar-refractivity contribution in [2.45, 2.75) is 45.4 Å². The third-order valence-corrected chi connectivity index (χ3v) is 2.90. The second-order valence-corrected chi connectivity index (χ2v) is 4.13. The van der Waals surface area contributed by atoms with Crippen molar-refractivity contribution in [3.63, 3.8) is 0 Å². The summed E-state index contributed by atoms with van der Waals surface area (Å²) in [5, 5.41) is 0. The van der Waals surface area contributed by atoms with Crippen LogP contribution in [0.25, 0.3) is 0 Å². The lowest BCUT2D eigenvalue weighted by molar-refractivity contribution is -0.143. The maximum atomic E-state index is 10.8. The van der Waals surface area contributed by atoms with Crippen LogP contribution in [0.4, 0.5) is 0 Å². The van der Waals surface area contributed by atoms with E-state index in [0.717, 1.165) is 25.6 Å². The Hall–Kier alpha value is -0.570. The van der Waals surface area contributed by atoms with Crippen molar-refractivity contribution in [2.75, 3.05) is 19.8 Å². The standard InChI is InChI=1S/C12H22O3/c1-2-12(13)15-8-4-3-5-11-6-9-14-10-7-11/h11H,2-10H2,1H3. The summed E-state index contributed by atoms with van der Waals surface area (Å²) < 4.78 is 10.3. The van der Waals surface area contributed by atoms with E-state index in [1.165, 1.54) is 25.7 Å². The molecule has 0 aromatic heterocycles. The summed E-state index contributed by atoms with van der Waals surface area (Å²) in [7, 11) is 0. The number of rotatable bonds is 6. The summed E-state index contributed by atoms with van der Waals surface area (Å²) in [6.45, 7) is 4.27. The fraction of sp³-hybridized carbons (Fsp3) is 0.917. The molecule has 1 aliphatic heterocycles. The Bertz CT molecular complexity index is 174. The molecule has 3 heteroatoms.